The van der Waals surface area contributed by atoms with E-state index in [1.54, 1.807) is 0 Å². The number of esters is 6. The van der Waals surface area contributed by atoms with Crippen molar-refractivity contribution in [1.82, 2.24) is 0 Å². The molecule has 124 heavy (non-hydrogen) atoms. The molecule has 6 heterocycles. The van der Waals surface area contributed by atoms with Crippen LogP contribution in [-0.4, -0.2) is 263 Å². The number of hydrogen-bond donors (Lipinski definition) is 4. The molecule has 6 aliphatic heterocycles. The van der Waals surface area contributed by atoms with Gasteiger partial charge < -0.3 is 81.3 Å². The Morgan fingerprint density at radius 3 is 1.27 bits per heavy atom. The van der Waals surface area contributed by atoms with Gasteiger partial charge in [-0.2, -0.15) is 35.1 Å². The lowest BCUT2D eigenvalue weighted by Gasteiger charge is -2.64. The maximum Gasteiger partial charge on any atom is 0.364 e. The highest BCUT2D eigenvalue weighted by Crippen LogP contribution is 2.72. The highest BCUT2D eigenvalue weighted by atomic mass is 32.2. The Hall–Kier alpha value is -4.31. The van der Waals surface area contributed by atoms with Crippen LogP contribution >= 0.6 is 11.8 Å². The summed E-state index contributed by atoms with van der Waals surface area (Å²) in [5, 5.41) is 24.0. The van der Waals surface area contributed by atoms with Crippen molar-refractivity contribution in [3.63, 3.8) is 0 Å². The topological polar surface area (TPSA) is 495 Å². The summed E-state index contributed by atoms with van der Waals surface area (Å²) in [6.45, 7) is -4.56. The molecule has 12 aliphatic carbocycles. The van der Waals surface area contributed by atoms with Gasteiger partial charge >= 0.3 is 56.8 Å². The summed E-state index contributed by atoms with van der Waals surface area (Å²) in [5.74, 6) is -5.31. The lowest BCUT2D eigenvalue weighted by atomic mass is 9.40. The van der Waals surface area contributed by atoms with Crippen LogP contribution in [0.1, 0.15) is 199 Å². The van der Waals surface area contributed by atoms with E-state index in [9.17, 15) is 154 Å². The van der Waals surface area contributed by atoms with E-state index in [2.05, 4.69) is 9.47 Å². The van der Waals surface area contributed by atoms with Crippen LogP contribution in [0.2, 0.25) is 0 Å². The van der Waals surface area contributed by atoms with Gasteiger partial charge in [-0.25, -0.2) is 60.8 Å². The first-order valence-electron chi connectivity index (χ1n) is 41.8. The Labute approximate surface area is 710 Å². The number of fused-ring (bicyclic) bond motifs is 2. The van der Waals surface area contributed by atoms with Crippen LogP contribution in [-0.2, 0) is 112 Å². The number of rotatable bonds is 32. The number of carbonyl (C=O) groups excluding carboxylic acids is 6. The summed E-state index contributed by atoms with van der Waals surface area (Å²) in [6, 6.07) is 0. The summed E-state index contributed by atoms with van der Waals surface area (Å²) in [6.07, 6.45) is -0.718. The van der Waals surface area contributed by atoms with E-state index in [0.29, 0.717) is 62.7 Å². The average molecular weight is 1900 g/mol. The number of ether oxygens (including phenoxy) is 9. The van der Waals surface area contributed by atoms with Gasteiger partial charge in [0.25, 0.3) is 0 Å². The monoisotopic (exact) mass is 1900 g/mol. The number of halogens is 12. The molecule has 18 rings (SSSR count). The van der Waals surface area contributed by atoms with E-state index in [1.165, 1.54) is 11.8 Å². The average Bonchev–Trinajstić information content (AvgIpc) is 0.979. The first-order chi connectivity index (χ1) is 57.4. The Bertz CT molecular complexity index is 4280. The van der Waals surface area contributed by atoms with E-state index in [0.717, 1.165) is 128 Å². The highest BCUT2D eigenvalue weighted by Gasteiger charge is 2.75. The standard InChI is InChI=1S/2C20H29F3O6S.C18H23F3O10S.C18H23F3O9S2/c21-15(20(22,23)30(26,27)28)3-6-29-16(24)17-8-13-7-14(9-17)11-18(10-13,12-17)19(25)4-1-2-5-19;21-15(20(22,23)30(26,27)28)3-6-29-17(24)16-13-7-12-8-14(16)11-18(9-12,10-13)19(25)4-1-2-5-19;19-8(18(20,21)32(25,26)27)3-6-28-9(22)7-29-14-13-11(17(24)4-1-2-5-17)10-12(30-13)15(14)31-16(10)23;19-8(18(20,21)32(25,26)27)3-6-28-9(22)7-29-12-13-14-10(16(23)30-13)11(15(12)31-14)17(24)4-1-2-5-17/h13-15,25H,1-12H2,(H,26,27,28);12-16,25H,1-11H2,(H,26,27,28);2*8,10-15,24H,1-7H2,(H,25,26,27)/p-4. The normalized spacial score (nSPS) is 37.4. The molecule has 31 nitrogen and oxygen atoms in total. The van der Waals surface area contributed by atoms with Gasteiger partial charge in [0.05, 0.1) is 83.4 Å². The quantitative estimate of drug-likeness (QED) is 0.0224. The van der Waals surface area contributed by atoms with Gasteiger partial charge in [0, 0.05) is 48.2 Å². The fraction of sp³-hybridized carbons (Fsp3) is 0.921. The van der Waals surface area contributed by atoms with Gasteiger partial charge in [-0.3, -0.25) is 19.2 Å². The molecule has 48 heteroatoms. The van der Waals surface area contributed by atoms with Gasteiger partial charge in [0.2, 0.25) is 0 Å². The van der Waals surface area contributed by atoms with Crippen molar-refractivity contribution >= 4 is 88.1 Å². The molecule has 0 aromatic heterocycles. The lowest BCUT2D eigenvalue weighted by molar-refractivity contribution is -0.216. The zero-order valence-corrected chi connectivity index (χ0v) is 70.8. The molecule has 0 amide bonds. The van der Waals surface area contributed by atoms with Gasteiger partial charge in [-0.05, 0) is 157 Å². The van der Waals surface area contributed by atoms with Crippen LogP contribution in [0.15, 0.2) is 0 Å². The van der Waals surface area contributed by atoms with Crippen molar-refractivity contribution in [2.45, 2.75) is 314 Å². The van der Waals surface area contributed by atoms with Crippen molar-refractivity contribution in [2.24, 2.45) is 75.4 Å². The zero-order valence-electron chi connectivity index (χ0n) is 66.8. The molecule has 0 spiro atoms. The molecule has 12 saturated carbocycles. The van der Waals surface area contributed by atoms with E-state index >= 15 is 0 Å². The summed E-state index contributed by atoms with van der Waals surface area (Å²) in [7, 11) is -24.7. The molecule has 6 saturated heterocycles. The molecule has 12 bridgehead atoms. The fourth-order valence-electron chi connectivity index (χ4n) is 25.0. The predicted molar refractivity (Wildman–Crippen MR) is 390 cm³/mol. The molecule has 0 aromatic carbocycles. The molecular weight excluding hydrogens is 1800 g/mol. The molecule has 20 atom stereocenters. The minimum absolute atomic E-state index is 0.0537. The van der Waals surface area contributed by atoms with Crippen molar-refractivity contribution in [1.29, 1.82) is 0 Å². The van der Waals surface area contributed by atoms with Gasteiger partial charge in [0.15, 0.2) is 71.3 Å². The maximum absolute atomic E-state index is 13.7. The number of carbonyl (C=O) groups is 6. The number of hydrogen-bond acceptors (Lipinski definition) is 32. The number of aliphatic hydroxyl groups is 4. The summed E-state index contributed by atoms with van der Waals surface area (Å²) >= 11 is 1.49. The van der Waals surface area contributed by atoms with Crippen LogP contribution in [0.25, 0.3) is 0 Å². The van der Waals surface area contributed by atoms with E-state index in [4.69, 9.17) is 33.2 Å². The third-order valence-corrected chi connectivity index (χ3v) is 35.4. The van der Waals surface area contributed by atoms with E-state index in [1.807, 2.05) is 0 Å². The highest BCUT2D eigenvalue weighted by molar-refractivity contribution is 8.01. The third-order valence-electron chi connectivity index (χ3n) is 29.9. The molecule has 18 fully saturated rings. The van der Waals surface area contributed by atoms with E-state index in [-0.39, 0.29) is 39.1 Å². The van der Waals surface area contributed by atoms with Crippen LogP contribution in [0.3, 0.4) is 0 Å². The second-order valence-electron chi connectivity index (χ2n) is 37.3. The molecule has 0 aromatic rings. The first-order valence-corrected chi connectivity index (χ1v) is 48.4. The summed E-state index contributed by atoms with van der Waals surface area (Å²) in [4.78, 5) is 74.2. The molecule has 4 N–H and O–H groups in total. The second kappa shape index (κ2) is 35.0. The first kappa shape index (κ1) is 97.2. The second-order valence-corrected chi connectivity index (χ2v) is 44.5. The van der Waals surface area contributed by atoms with Crippen LogP contribution in [0, 0.1) is 75.4 Å². The minimum Gasteiger partial charge on any atom is -0.743 e. The maximum atomic E-state index is 13.7. The van der Waals surface area contributed by atoms with Crippen molar-refractivity contribution in [3.8, 4) is 0 Å². The zero-order chi connectivity index (χ0) is 90.9. The van der Waals surface area contributed by atoms with Crippen molar-refractivity contribution in [2.75, 3.05) is 39.6 Å². The Morgan fingerprint density at radius 1 is 0.444 bits per heavy atom. The van der Waals surface area contributed by atoms with Crippen molar-refractivity contribution < 1.29 is 196 Å². The SMILES string of the molecule is O=C(COC1C2OC(=O)C3C2OC1C3C1(O)CCCC1)OCCC(F)C(F)(F)S(=O)(=O)[O-].O=C(COC1C2OC(=O)C3C2SC1C3C1(O)CCCC1)OCCC(F)C(F)(F)S(=O)(=O)[O-].O=C(OCCC(F)C(F)(F)S(=O)(=O)[O-])C12CC3CC(C1)CC(C1(O)CCCC1)(C3)C2.O=C(OCCC(F)C(F)(F)S(=O)(=O)[O-])C1C2CC3CC1CC(C1(O)CCCC1)(C3)C2. The fourth-order valence-corrected chi connectivity index (χ4v) is 28.9. The van der Waals surface area contributed by atoms with Gasteiger partial charge in [-0.1, -0.05) is 51.4 Å². The summed E-state index contributed by atoms with van der Waals surface area (Å²) in [5.41, 5.74) is -4.87. The van der Waals surface area contributed by atoms with Crippen molar-refractivity contribution in [3.05, 3.63) is 0 Å². The lowest BCUT2D eigenvalue weighted by Crippen LogP contribution is -2.62. The smallest absolute Gasteiger partial charge is 0.364 e. The van der Waals surface area contributed by atoms with Crippen LogP contribution in [0.5, 0.6) is 0 Å². The van der Waals surface area contributed by atoms with E-state index < -0.39 is 275 Å². The minimum atomic E-state index is -6.20. The largest absolute Gasteiger partial charge is 0.743 e. The summed E-state index contributed by atoms with van der Waals surface area (Å²) < 4.78 is 332. The van der Waals surface area contributed by atoms with Crippen LogP contribution < -0.4 is 0 Å². The predicted octanol–water partition coefficient (Wildman–Crippen LogP) is 7.20. The number of thioether (sulfide) groups is 1. The van der Waals surface area contributed by atoms with Crippen LogP contribution in [0.4, 0.5) is 52.7 Å². The molecule has 0 radical (unpaired) electrons. The third kappa shape index (κ3) is 18.0. The molecule has 18 aliphatic rings. The number of alkyl halides is 12. The molecular formula is C76H100F12O31S5-4. The molecule has 708 valence electrons. The van der Waals surface area contributed by atoms with Gasteiger partial charge in [-0.15, -0.1) is 11.8 Å². The Morgan fingerprint density at radius 2 is 0.823 bits per heavy atom. The molecule has 20 unspecified atom stereocenters. The Kier molecular flexibility index (Phi) is 27.5. The Balaban J connectivity index is 0.000000142. The van der Waals surface area contributed by atoms with Gasteiger partial charge in [0.1, 0.15) is 37.6 Å².